The minimum absolute atomic E-state index is 0.0748. The third-order valence-electron chi connectivity index (χ3n) is 3.43. The lowest BCUT2D eigenvalue weighted by Gasteiger charge is -2.22. The van der Waals surface area contributed by atoms with Crippen LogP contribution < -0.4 is 5.32 Å². The lowest BCUT2D eigenvalue weighted by Crippen LogP contribution is -2.39. The van der Waals surface area contributed by atoms with Crippen LogP contribution in [0.2, 0.25) is 0 Å². The van der Waals surface area contributed by atoms with Crippen molar-refractivity contribution in [2.75, 3.05) is 11.5 Å². The molecule has 19 heavy (non-hydrogen) atoms. The number of nitrogens with one attached hydrogen (secondary N) is 2. The molecule has 0 spiro atoms. The fourth-order valence-corrected chi connectivity index (χ4v) is 3.58. The second kappa shape index (κ2) is 5.13. The standard InChI is InChI=1S/C13H15N3O2S/c17-13(15-11-3-5-19(18)6-4-11)9-1-2-10-8-14-16-12(10)7-9/h1-2,7-8,11H,3-6H2,(H,14,16)(H,15,17). The molecular weight excluding hydrogens is 262 g/mol. The van der Waals surface area contributed by atoms with Gasteiger partial charge in [-0.1, -0.05) is 6.07 Å². The molecule has 0 aliphatic carbocycles. The second-order valence-corrected chi connectivity index (χ2v) is 6.46. The largest absolute Gasteiger partial charge is 0.349 e. The fraction of sp³-hybridized carbons (Fsp3) is 0.385. The van der Waals surface area contributed by atoms with Crippen molar-refractivity contribution in [1.82, 2.24) is 15.5 Å². The number of H-pyrrole nitrogens is 1. The molecular formula is C13H15N3O2S. The topological polar surface area (TPSA) is 74.8 Å². The summed E-state index contributed by atoms with van der Waals surface area (Å²) in [4.78, 5) is 12.1. The van der Waals surface area contributed by atoms with E-state index in [4.69, 9.17) is 0 Å². The first kappa shape index (κ1) is 12.3. The quantitative estimate of drug-likeness (QED) is 0.866. The highest BCUT2D eigenvalue weighted by Gasteiger charge is 2.20. The number of fused-ring (bicyclic) bond motifs is 1. The van der Waals surface area contributed by atoms with Crippen LogP contribution in [0.25, 0.3) is 10.9 Å². The number of benzene rings is 1. The zero-order chi connectivity index (χ0) is 13.2. The third-order valence-corrected chi connectivity index (χ3v) is 4.81. The predicted molar refractivity (Wildman–Crippen MR) is 74.5 cm³/mol. The van der Waals surface area contributed by atoms with Gasteiger partial charge in [-0.05, 0) is 25.0 Å². The minimum atomic E-state index is -0.698. The Morgan fingerprint density at radius 2 is 2.16 bits per heavy atom. The Hall–Kier alpha value is -1.69. The van der Waals surface area contributed by atoms with Crippen molar-refractivity contribution in [3.8, 4) is 0 Å². The van der Waals surface area contributed by atoms with E-state index in [1.807, 2.05) is 6.07 Å². The summed E-state index contributed by atoms with van der Waals surface area (Å²) in [6.07, 6.45) is 3.32. The van der Waals surface area contributed by atoms with Gasteiger partial charge in [-0.15, -0.1) is 0 Å². The lowest BCUT2D eigenvalue weighted by molar-refractivity contribution is 0.0934. The highest BCUT2D eigenvalue weighted by molar-refractivity contribution is 7.85. The van der Waals surface area contributed by atoms with Crippen LogP contribution in [0.15, 0.2) is 24.4 Å². The van der Waals surface area contributed by atoms with E-state index in [2.05, 4.69) is 15.5 Å². The molecule has 2 heterocycles. The molecule has 2 N–H and O–H groups in total. The van der Waals surface area contributed by atoms with Gasteiger partial charge in [0.05, 0.1) is 11.7 Å². The SMILES string of the molecule is O=C(NC1CCS(=O)CC1)c1ccc2cn[nH]c2c1. The third kappa shape index (κ3) is 2.68. The summed E-state index contributed by atoms with van der Waals surface area (Å²) >= 11 is 0. The maximum absolute atomic E-state index is 12.1. The number of aromatic amines is 1. The van der Waals surface area contributed by atoms with Crippen LogP contribution in [0, 0.1) is 0 Å². The molecule has 0 atom stereocenters. The van der Waals surface area contributed by atoms with E-state index in [1.165, 1.54) is 0 Å². The van der Waals surface area contributed by atoms with E-state index in [0.717, 1.165) is 23.7 Å². The number of nitrogens with zero attached hydrogens (tertiary/aromatic N) is 1. The first-order valence-electron chi connectivity index (χ1n) is 6.31. The van der Waals surface area contributed by atoms with E-state index in [9.17, 15) is 9.00 Å². The minimum Gasteiger partial charge on any atom is -0.349 e. The molecule has 1 aliphatic rings. The van der Waals surface area contributed by atoms with Crippen LogP contribution in [0.3, 0.4) is 0 Å². The Morgan fingerprint density at radius 1 is 1.37 bits per heavy atom. The van der Waals surface area contributed by atoms with Crippen LogP contribution in [0.1, 0.15) is 23.2 Å². The normalized spacial score (nSPS) is 23.4. The van der Waals surface area contributed by atoms with Crippen LogP contribution in [-0.4, -0.2) is 37.9 Å². The van der Waals surface area contributed by atoms with Crippen LogP contribution in [-0.2, 0) is 10.8 Å². The monoisotopic (exact) mass is 277 g/mol. The van der Waals surface area contributed by atoms with Gasteiger partial charge >= 0.3 is 0 Å². The molecule has 0 unspecified atom stereocenters. The summed E-state index contributed by atoms with van der Waals surface area (Å²) in [6.45, 7) is 0. The van der Waals surface area contributed by atoms with Crippen molar-refractivity contribution in [1.29, 1.82) is 0 Å². The fourth-order valence-electron chi connectivity index (χ4n) is 2.29. The molecule has 0 bridgehead atoms. The molecule has 0 radical (unpaired) electrons. The smallest absolute Gasteiger partial charge is 0.251 e. The number of amides is 1. The Labute approximate surface area is 113 Å². The van der Waals surface area contributed by atoms with Crippen molar-refractivity contribution >= 4 is 27.6 Å². The molecule has 0 saturated carbocycles. The highest BCUT2D eigenvalue weighted by atomic mass is 32.2. The van der Waals surface area contributed by atoms with Crippen molar-refractivity contribution in [3.05, 3.63) is 30.0 Å². The predicted octanol–water partition coefficient (Wildman–Crippen LogP) is 1.20. The molecule has 100 valence electrons. The average molecular weight is 277 g/mol. The summed E-state index contributed by atoms with van der Waals surface area (Å²) in [5.41, 5.74) is 1.49. The summed E-state index contributed by atoms with van der Waals surface area (Å²) in [5.74, 6) is 1.30. The molecule has 2 aromatic rings. The summed E-state index contributed by atoms with van der Waals surface area (Å²) in [7, 11) is -0.698. The summed E-state index contributed by atoms with van der Waals surface area (Å²) < 4.78 is 11.3. The van der Waals surface area contributed by atoms with Gasteiger partial charge in [0.15, 0.2) is 0 Å². The van der Waals surface area contributed by atoms with Gasteiger partial charge < -0.3 is 5.32 Å². The number of hydrogen-bond donors (Lipinski definition) is 2. The summed E-state index contributed by atoms with van der Waals surface area (Å²) in [5, 5.41) is 10.8. The number of carbonyl (C=O) groups is 1. The Morgan fingerprint density at radius 3 is 2.95 bits per heavy atom. The van der Waals surface area contributed by atoms with Crippen LogP contribution >= 0.6 is 0 Å². The zero-order valence-electron chi connectivity index (χ0n) is 10.4. The molecule has 1 aromatic heterocycles. The van der Waals surface area contributed by atoms with Crippen LogP contribution in [0.4, 0.5) is 0 Å². The summed E-state index contributed by atoms with van der Waals surface area (Å²) in [6, 6.07) is 5.62. The molecule has 6 heteroatoms. The first-order valence-corrected chi connectivity index (χ1v) is 7.80. The van der Waals surface area contributed by atoms with E-state index in [-0.39, 0.29) is 11.9 Å². The maximum Gasteiger partial charge on any atom is 0.251 e. The van der Waals surface area contributed by atoms with Crippen molar-refractivity contribution in [3.63, 3.8) is 0 Å². The Kier molecular flexibility index (Phi) is 3.33. The number of rotatable bonds is 2. The van der Waals surface area contributed by atoms with E-state index in [1.54, 1.807) is 18.3 Å². The Balaban J connectivity index is 1.71. The van der Waals surface area contributed by atoms with Gasteiger partial charge in [-0.2, -0.15) is 5.10 Å². The van der Waals surface area contributed by atoms with Crippen molar-refractivity contribution < 1.29 is 9.00 Å². The van der Waals surface area contributed by atoms with Gasteiger partial charge in [0.2, 0.25) is 0 Å². The van der Waals surface area contributed by atoms with Gasteiger partial charge in [-0.25, -0.2) is 0 Å². The van der Waals surface area contributed by atoms with E-state index < -0.39 is 10.8 Å². The molecule has 5 nitrogen and oxygen atoms in total. The van der Waals surface area contributed by atoms with Crippen molar-refractivity contribution in [2.24, 2.45) is 0 Å². The molecule has 1 fully saturated rings. The van der Waals surface area contributed by atoms with E-state index in [0.29, 0.717) is 17.1 Å². The van der Waals surface area contributed by atoms with Gasteiger partial charge in [-0.3, -0.25) is 14.1 Å². The van der Waals surface area contributed by atoms with Crippen LogP contribution in [0.5, 0.6) is 0 Å². The first-order chi connectivity index (χ1) is 9.22. The molecule has 1 saturated heterocycles. The van der Waals surface area contributed by atoms with Gasteiger partial charge in [0.1, 0.15) is 0 Å². The highest BCUT2D eigenvalue weighted by Crippen LogP contribution is 2.14. The van der Waals surface area contributed by atoms with Gasteiger partial charge in [0, 0.05) is 39.3 Å². The number of carbonyl (C=O) groups excluding carboxylic acids is 1. The number of aromatic nitrogens is 2. The number of hydrogen-bond acceptors (Lipinski definition) is 3. The maximum atomic E-state index is 12.1. The van der Waals surface area contributed by atoms with Crippen molar-refractivity contribution in [2.45, 2.75) is 18.9 Å². The van der Waals surface area contributed by atoms with Gasteiger partial charge in [0.25, 0.3) is 5.91 Å². The molecule has 1 aliphatic heterocycles. The zero-order valence-corrected chi connectivity index (χ0v) is 11.2. The molecule has 1 amide bonds. The average Bonchev–Trinajstić information content (AvgIpc) is 2.88. The second-order valence-electron chi connectivity index (χ2n) is 4.77. The molecule has 3 rings (SSSR count). The molecule has 1 aromatic carbocycles. The van der Waals surface area contributed by atoms with E-state index >= 15 is 0 Å². The lowest BCUT2D eigenvalue weighted by atomic mass is 10.1. The Bertz CT molecular complexity index is 628.